The number of nitrogens with zero attached hydrogens (tertiary/aromatic N) is 2. The standard InChI is InChI=1S/C16H24N4O3S/c1-10(2)16(22)18-15-12-8-24-9-13(12)19-20(15)7-14(21)17-6-11-4-3-5-23-11/h10-11H,3-9H2,1-2H3,(H,17,21)(H,18,22). The lowest BCUT2D eigenvalue weighted by molar-refractivity contribution is -0.122. The number of carbonyl (C=O) groups is 2. The minimum absolute atomic E-state index is 0.0596. The molecule has 3 heterocycles. The Morgan fingerprint density at radius 1 is 1.42 bits per heavy atom. The number of aromatic nitrogens is 2. The summed E-state index contributed by atoms with van der Waals surface area (Å²) in [5, 5.41) is 10.3. The van der Waals surface area contributed by atoms with Crippen molar-refractivity contribution in [3.8, 4) is 0 Å². The van der Waals surface area contributed by atoms with Gasteiger partial charge in [-0.3, -0.25) is 9.59 Å². The molecule has 8 heteroatoms. The first-order chi connectivity index (χ1) is 11.5. The van der Waals surface area contributed by atoms with Gasteiger partial charge in [-0.1, -0.05) is 13.8 Å². The molecule has 1 saturated heterocycles. The highest BCUT2D eigenvalue weighted by molar-refractivity contribution is 7.98. The maximum absolute atomic E-state index is 12.2. The lowest BCUT2D eigenvalue weighted by atomic mass is 10.2. The van der Waals surface area contributed by atoms with Gasteiger partial charge < -0.3 is 15.4 Å². The van der Waals surface area contributed by atoms with Crippen LogP contribution in [0.15, 0.2) is 0 Å². The third-order valence-electron chi connectivity index (χ3n) is 4.23. The Hall–Kier alpha value is -1.54. The van der Waals surface area contributed by atoms with Crippen LogP contribution in [-0.2, 0) is 32.4 Å². The molecule has 2 N–H and O–H groups in total. The quantitative estimate of drug-likeness (QED) is 0.811. The van der Waals surface area contributed by atoms with Crippen molar-refractivity contribution >= 4 is 29.4 Å². The number of thioether (sulfide) groups is 1. The van der Waals surface area contributed by atoms with E-state index in [0.29, 0.717) is 12.4 Å². The van der Waals surface area contributed by atoms with E-state index in [2.05, 4.69) is 15.7 Å². The largest absolute Gasteiger partial charge is 0.376 e. The molecule has 0 aromatic carbocycles. The third kappa shape index (κ3) is 3.92. The molecule has 1 atom stereocenters. The van der Waals surface area contributed by atoms with Crippen molar-refractivity contribution in [3.63, 3.8) is 0 Å². The molecular formula is C16H24N4O3S. The Morgan fingerprint density at radius 2 is 2.25 bits per heavy atom. The molecule has 0 saturated carbocycles. The molecule has 24 heavy (non-hydrogen) atoms. The lowest BCUT2D eigenvalue weighted by Gasteiger charge is -2.14. The van der Waals surface area contributed by atoms with Gasteiger partial charge in [0.05, 0.1) is 11.8 Å². The van der Waals surface area contributed by atoms with Gasteiger partial charge >= 0.3 is 0 Å². The molecule has 0 aliphatic carbocycles. The molecule has 7 nitrogen and oxygen atoms in total. The third-order valence-corrected chi connectivity index (χ3v) is 5.20. The average molecular weight is 352 g/mol. The van der Waals surface area contributed by atoms with Crippen LogP contribution in [0.4, 0.5) is 5.82 Å². The Labute approximate surface area is 145 Å². The van der Waals surface area contributed by atoms with Crippen molar-refractivity contribution in [2.45, 2.75) is 50.8 Å². The van der Waals surface area contributed by atoms with E-state index in [9.17, 15) is 9.59 Å². The van der Waals surface area contributed by atoms with E-state index in [1.165, 1.54) is 0 Å². The van der Waals surface area contributed by atoms with E-state index in [1.807, 2.05) is 13.8 Å². The normalized spacial score (nSPS) is 19.5. The van der Waals surface area contributed by atoms with E-state index >= 15 is 0 Å². The van der Waals surface area contributed by atoms with Crippen LogP contribution in [0, 0.1) is 5.92 Å². The number of anilines is 1. The summed E-state index contributed by atoms with van der Waals surface area (Å²) in [6, 6.07) is 0. The summed E-state index contributed by atoms with van der Waals surface area (Å²) in [5.74, 6) is 2.02. The van der Waals surface area contributed by atoms with Gasteiger partial charge in [0.2, 0.25) is 11.8 Å². The van der Waals surface area contributed by atoms with E-state index in [4.69, 9.17) is 4.74 Å². The van der Waals surface area contributed by atoms with Gasteiger partial charge in [-0.15, -0.1) is 0 Å². The van der Waals surface area contributed by atoms with Gasteiger partial charge in [-0.05, 0) is 12.8 Å². The van der Waals surface area contributed by atoms with E-state index in [1.54, 1.807) is 16.4 Å². The van der Waals surface area contributed by atoms with Crippen molar-refractivity contribution in [2.24, 2.45) is 5.92 Å². The van der Waals surface area contributed by atoms with E-state index in [-0.39, 0.29) is 30.4 Å². The first-order valence-electron chi connectivity index (χ1n) is 8.40. The molecule has 0 radical (unpaired) electrons. The highest BCUT2D eigenvalue weighted by atomic mass is 32.2. The second kappa shape index (κ2) is 7.57. The monoisotopic (exact) mass is 352 g/mol. The van der Waals surface area contributed by atoms with Crippen molar-refractivity contribution in [1.82, 2.24) is 15.1 Å². The number of hydrogen-bond acceptors (Lipinski definition) is 5. The number of ether oxygens (including phenoxy) is 1. The maximum Gasteiger partial charge on any atom is 0.241 e. The van der Waals surface area contributed by atoms with Gasteiger partial charge in [-0.25, -0.2) is 4.68 Å². The fourth-order valence-corrected chi connectivity index (χ4v) is 3.84. The number of hydrogen-bond donors (Lipinski definition) is 2. The molecule has 1 aromatic heterocycles. The Bertz CT molecular complexity index is 623. The van der Waals surface area contributed by atoms with Crippen molar-refractivity contribution in [3.05, 3.63) is 11.3 Å². The van der Waals surface area contributed by atoms with Gasteiger partial charge in [0.15, 0.2) is 0 Å². The molecule has 1 fully saturated rings. The van der Waals surface area contributed by atoms with Gasteiger partial charge in [0.25, 0.3) is 0 Å². The molecule has 0 bridgehead atoms. The molecular weight excluding hydrogens is 328 g/mol. The average Bonchev–Trinajstić information content (AvgIpc) is 3.25. The maximum atomic E-state index is 12.2. The fourth-order valence-electron chi connectivity index (χ4n) is 2.81. The molecule has 1 aromatic rings. The van der Waals surface area contributed by atoms with Crippen molar-refractivity contribution < 1.29 is 14.3 Å². The first kappa shape index (κ1) is 17.3. The van der Waals surface area contributed by atoms with Crippen LogP contribution in [0.1, 0.15) is 37.9 Å². The summed E-state index contributed by atoms with van der Waals surface area (Å²) in [7, 11) is 0. The Kier molecular flexibility index (Phi) is 5.45. The van der Waals surface area contributed by atoms with E-state index < -0.39 is 0 Å². The molecule has 2 aliphatic heterocycles. The summed E-state index contributed by atoms with van der Waals surface area (Å²) in [4.78, 5) is 24.3. The van der Waals surface area contributed by atoms with Crippen molar-refractivity contribution in [1.29, 1.82) is 0 Å². The predicted octanol–water partition coefficient (Wildman–Crippen LogP) is 1.52. The zero-order valence-electron chi connectivity index (χ0n) is 14.1. The van der Waals surface area contributed by atoms with E-state index in [0.717, 1.165) is 42.2 Å². The summed E-state index contributed by atoms with van der Waals surface area (Å²) >= 11 is 1.77. The van der Waals surface area contributed by atoms with Crippen molar-refractivity contribution in [2.75, 3.05) is 18.5 Å². The van der Waals surface area contributed by atoms with Gasteiger partial charge in [-0.2, -0.15) is 16.9 Å². The number of fused-ring (bicyclic) bond motifs is 1. The van der Waals surface area contributed by atoms with Gasteiger partial charge in [0, 0.05) is 36.1 Å². The zero-order chi connectivity index (χ0) is 17.1. The number of nitrogens with one attached hydrogen (secondary N) is 2. The van der Waals surface area contributed by atoms with Crippen LogP contribution in [0.2, 0.25) is 0 Å². The second-order valence-corrected chi connectivity index (χ2v) is 7.49. The van der Waals surface area contributed by atoms with Gasteiger partial charge in [0.1, 0.15) is 12.4 Å². The number of carbonyl (C=O) groups excluding carboxylic acids is 2. The fraction of sp³-hybridized carbons (Fsp3) is 0.688. The minimum Gasteiger partial charge on any atom is -0.376 e. The molecule has 3 rings (SSSR count). The van der Waals surface area contributed by atoms with Crippen LogP contribution < -0.4 is 10.6 Å². The predicted molar refractivity (Wildman–Crippen MR) is 92.7 cm³/mol. The second-order valence-electron chi connectivity index (χ2n) is 6.51. The summed E-state index contributed by atoms with van der Waals surface area (Å²) in [5.41, 5.74) is 2.01. The summed E-state index contributed by atoms with van der Waals surface area (Å²) in [6.07, 6.45) is 2.16. The highest BCUT2D eigenvalue weighted by Crippen LogP contribution is 2.34. The van der Waals surface area contributed by atoms with Crippen LogP contribution in [0.25, 0.3) is 0 Å². The Balaban J connectivity index is 1.65. The minimum atomic E-state index is -0.119. The van der Waals surface area contributed by atoms with Crippen LogP contribution in [0.3, 0.4) is 0 Å². The molecule has 1 unspecified atom stereocenters. The number of amides is 2. The summed E-state index contributed by atoms with van der Waals surface area (Å²) in [6.45, 7) is 5.11. The molecule has 2 amide bonds. The molecule has 2 aliphatic rings. The zero-order valence-corrected chi connectivity index (χ0v) is 14.9. The SMILES string of the molecule is CC(C)C(=O)Nc1c2c(nn1CC(=O)NCC1CCCO1)CSC2. The van der Waals surface area contributed by atoms with Crippen LogP contribution >= 0.6 is 11.8 Å². The summed E-state index contributed by atoms with van der Waals surface area (Å²) < 4.78 is 7.13. The Morgan fingerprint density at radius 3 is 2.96 bits per heavy atom. The smallest absolute Gasteiger partial charge is 0.241 e. The topological polar surface area (TPSA) is 85.2 Å². The lowest BCUT2D eigenvalue weighted by Crippen LogP contribution is -2.35. The first-order valence-corrected chi connectivity index (χ1v) is 9.55. The van der Waals surface area contributed by atoms with Crippen LogP contribution in [0.5, 0.6) is 0 Å². The highest BCUT2D eigenvalue weighted by Gasteiger charge is 2.25. The molecule has 132 valence electrons. The molecule has 0 spiro atoms. The van der Waals surface area contributed by atoms with Crippen LogP contribution in [-0.4, -0.2) is 40.9 Å². The number of rotatable bonds is 6.